The van der Waals surface area contributed by atoms with Crippen LogP contribution in [0.2, 0.25) is 5.02 Å². The van der Waals surface area contributed by atoms with Gasteiger partial charge in [0.05, 0.1) is 17.1 Å². The third-order valence-corrected chi connectivity index (χ3v) is 3.86. The van der Waals surface area contributed by atoms with Gasteiger partial charge in [0.2, 0.25) is 0 Å². The van der Waals surface area contributed by atoms with Gasteiger partial charge in [0.15, 0.2) is 13.2 Å². The van der Waals surface area contributed by atoms with Gasteiger partial charge in [-0.15, -0.1) is 0 Å². The molecule has 0 aliphatic rings. The lowest BCUT2D eigenvalue weighted by atomic mass is 10.2. The number of esters is 1. The SMILES string of the molecule is Cc1cc(Cl)ccc1OCC(=O)OCC(=O)Nc1c(C)nn(C)c1C. The molecule has 8 heteroatoms. The van der Waals surface area contributed by atoms with Gasteiger partial charge in [0, 0.05) is 12.1 Å². The third kappa shape index (κ3) is 4.96. The second-order valence-electron chi connectivity index (χ2n) is 5.58. The summed E-state index contributed by atoms with van der Waals surface area (Å²) in [5, 5.41) is 7.48. The first-order valence-electron chi connectivity index (χ1n) is 7.62. The molecule has 0 unspecified atom stereocenters. The van der Waals surface area contributed by atoms with Gasteiger partial charge >= 0.3 is 5.97 Å². The lowest BCUT2D eigenvalue weighted by Gasteiger charge is -2.10. The molecule has 134 valence electrons. The van der Waals surface area contributed by atoms with Gasteiger partial charge in [0.25, 0.3) is 5.91 Å². The maximum absolute atomic E-state index is 11.9. The predicted molar refractivity (Wildman–Crippen MR) is 94.0 cm³/mol. The topological polar surface area (TPSA) is 82.4 Å². The van der Waals surface area contributed by atoms with Crippen molar-refractivity contribution in [2.45, 2.75) is 20.8 Å². The maximum Gasteiger partial charge on any atom is 0.344 e. The number of halogens is 1. The van der Waals surface area contributed by atoms with Gasteiger partial charge in [-0.3, -0.25) is 9.48 Å². The maximum atomic E-state index is 11.9. The molecule has 1 aromatic heterocycles. The minimum atomic E-state index is -0.635. The van der Waals surface area contributed by atoms with Crippen LogP contribution in [0, 0.1) is 20.8 Å². The van der Waals surface area contributed by atoms with E-state index in [9.17, 15) is 9.59 Å². The van der Waals surface area contributed by atoms with Crippen molar-refractivity contribution in [1.82, 2.24) is 9.78 Å². The summed E-state index contributed by atoms with van der Waals surface area (Å²) >= 11 is 5.86. The largest absolute Gasteiger partial charge is 0.482 e. The molecule has 1 heterocycles. The van der Waals surface area contributed by atoms with Crippen LogP contribution in [0.4, 0.5) is 5.69 Å². The quantitative estimate of drug-likeness (QED) is 0.795. The average Bonchev–Trinajstić information content (AvgIpc) is 2.78. The van der Waals surface area contributed by atoms with Crippen LogP contribution in [0.5, 0.6) is 5.75 Å². The van der Waals surface area contributed by atoms with Gasteiger partial charge < -0.3 is 14.8 Å². The van der Waals surface area contributed by atoms with Gasteiger partial charge in [-0.1, -0.05) is 11.6 Å². The lowest BCUT2D eigenvalue weighted by molar-refractivity contribution is -0.149. The van der Waals surface area contributed by atoms with Crippen LogP contribution in [-0.4, -0.2) is 34.9 Å². The Kier molecular flexibility index (Phi) is 6.03. The van der Waals surface area contributed by atoms with Crippen molar-refractivity contribution in [3.05, 3.63) is 40.2 Å². The molecule has 2 rings (SSSR count). The summed E-state index contributed by atoms with van der Waals surface area (Å²) in [7, 11) is 1.79. The van der Waals surface area contributed by atoms with Crippen LogP contribution in [0.25, 0.3) is 0 Å². The minimum Gasteiger partial charge on any atom is -0.482 e. The average molecular weight is 366 g/mol. The van der Waals surface area contributed by atoms with E-state index >= 15 is 0 Å². The Labute approximate surface area is 150 Å². The number of amides is 1. The Bertz CT molecular complexity index is 801. The highest BCUT2D eigenvalue weighted by Crippen LogP contribution is 2.21. The molecule has 7 nitrogen and oxygen atoms in total. The summed E-state index contributed by atoms with van der Waals surface area (Å²) in [5.41, 5.74) is 2.94. The monoisotopic (exact) mass is 365 g/mol. The van der Waals surface area contributed by atoms with E-state index in [2.05, 4.69) is 10.4 Å². The molecular weight excluding hydrogens is 346 g/mol. The van der Waals surface area contributed by atoms with E-state index < -0.39 is 18.5 Å². The van der Waals surface area contributed by atoms with Crippen molar-refractivity contribution < 1.29 is 19.1 Å². The Hall–Kier alpha value is -2.54. The molecule has 0 bridgehead atoms. The van der Waals surface area contributed by atoms with Crippen LogP contribution >= 0.6 is 11.6 Å². The van der Waals surface area contributed by atoms with Crippen LogP contribution in [-0.2, 0) is 21.4 Å². The highest BCUT2D eigenvalue weighted by Gasteiger charge is 2.14. The lowest BCUT2D eigenvalue weighted by Crippen LogP contribution is -2.24. The summed E-state index contributed by atoms with van der Waals surface area (Å²) in [4.78, 5) is 23.6. The number of carbonyl (C=O) groups is 2. The minimum absolute atomic E-state index is 0.291. The number of aryl methyl sites for hydroxylation is 3. The smallest absolute Gasteiger partial charge is 0.344 e. The second kappa shape index (κ2) is 8.02. The fourth-order valence-corrected chi connectivity index (χ4v) is 2.46. The molecule has 0 aliphatic heterocycles. The van der Waals surface area contributed by atoms with Gasteiger partial charge in [-0.05, 0) is 44.5 Å². The zero-order chi connectivity index (χ0) is 18.6. The fraction of sp³-hybridized carbons (Fsp3) is 0.353. The van der Waals surface area contributed by atoms with E-state index in [0.717, 1.165) is 11.3 Å². The van der Waals surface area contributed by atoms with Crippen molar-refractivity contribution in [2.75, 3.05) is 18.5 Å². The fourth-order valence-electron chi connectivity index (χ4n) is 2.23. The third-order valence-electron chi connectivity index (χ3n) is 3.62. The number of aromatic nitrogens is 2. The second-order valence-corrected chi connectivity index (χ2v) is 6.01. The molecule has 2 aromatic rings. The zero-order valence-electron chi connectivity index (χ0n) is 14.6. The number of nitrogens with one attached hydrogen (secondary N) is 1. The number of carbonyl (C=O) groups excluding carboxylic acids is 2. The van der Waals surface area contributed by atoms with E-state index in [1.165, 1.54) is 0 Å². The summed E-state index contributed by atoms with van der Waals surface area (Å²) in [6.07, 6.45) is 0. The van der Waals surface area contributed by atoms with Crippen molar-refractivity contribution in [3.63, 3.8) is 0 Å². The molecule has 1 N–H and O–H groups in total. The van der Waals surface area contributed by atoms with Crippen molar-refractivity contribution in [1.29, 1.82) is 0 Å². The van der Waals surface area contributed by atoms with Crippen molar-refractivity contribution in [2.24, 2.45) is 7.05 Å². The number of nitrogens with zero attached hydrogens (tertiary/aromatic N) is 2. The molecule has 0 aliphatic carbocycles. The van der Waals surface area contributed by atoms with E-state index in [0.29, 0.717) is 22.2 Å². The van der Waals surface area contributed by atoms with Crippen LogP contribution in [0.1, 0.15) is 17.0 Å². The molecule has 25 heavy (non-hydrogen) atoms. The zero-order valence-corrected chi connectivity index (χ0v) is 15.3. The number of hydrogen-bond donors (Lipinski definition) is 1. The first-order valence-corrected chi connectivity index (χ1v) is 8.00. The summed E-state index contributed by atoms with van der Waals surface area (Å²) < 4.78 is 12.0. The number of ether oxygens (including phenoxy) is 2. The standard InChI is InChI=1S/C17H20ClN3O4/c1-10-7-13(18)5-6-14(10)24-9-16(23)25-8-15(22)19-17-11(2)20-21(4)12(17)3/h5-7H,8-9H2,1-4H3,(H,19,22). The Morgan fingerprint density at radius 3 is 2.56 bits per heavy atom. The van der Waals surface area contributed by atoms with E-state index in [1.807, 2.05) is 13.8 Å². The Balaban J connectivity index is 1.80. The number of rotatable bonds is 6. The molecule has 0 radical (unpaired) electrons. The van der Waals surface area contributed by atoms with Crippen LogP contribution in [0.15, 0.2) is 18.2 Å². The molecule has 0 saturated carbocycles. The predicted octanol–water partition coefficient (Wildman–Crippen LogP) is 2.56. The van der Waals surface area contributed by atoms with E-state index in [4.69, 9.17) is 21.1 Å². The molecule has 0 spiro atoms. The molecule has 0 fully saturated rings. The molecular formula is C17H20ClN3O4. The van der Waals surface area contributed by atoms with E-state index in [1.54, 1.807) is 36.9 Å². The summed E-state index contributed by atoms with van der Waals surface area (Å²) in [6, 6.07) is 5.07. The Morgan fingerprint density at radius 2 is 1.96 bits per heavy atom. The highest BCUT2D eigenvalue weighted by atomic mass is 35.5. The number of anilines is 1. The normalized spacial score (nSPS) is 10.4. The van der Waals surface area contributed by atoms with Gasteiger partial charge in [0.1, 0.15) is 5.75 Å². The first-order chi connectivity index (χ1) is 11.8. The van der Waals surface area contributed by atoms with Crippen LogP contribution < -0.4 is 10.1 Å². The molecule has 1 aromatic carbocycles. The van der Waals surface area contributed by atoms with Gasteiger partial charge in [-0.25, -0.2) is 4.79 Å². The van der Waals surface area contributed by atoms with Crippen molar-refractivity contribution >= 4 is 29.2 Å². The first kappa shape index (κ1) is 18.8. The number of hydrogen-bond acceptors (Lipinski definition) is 5. The summed E-state index contributed by atoms with van der Waals surface area (Å²) in [5.74, 6) is -0.535. The molecule has 0 saturated heterocycles. The number of benzene rings is 1. The molecule has 1 amide bonds. The van der Waals surface area contributed by atoms with Crippen molar-refractivity contribution in [3.8, 4) is 5.75 Å². The van der Waals surface area contributed by atoms with E-state index in [-0.39, 0.29) is 6.61 Å². The highest BCUT2D eigenvalue weighted by molar-refractivity contribution is 6.30. The molecule has 0 atom stereocenters. The van der Waals surface area contributed by atoms with Crippen LogP contribution in [0.3, 0.4) is 0 Å². The summed E-state index contributed by atoms with van der Waals surface area (Å²) in [6.45, 7) is 4.76. The van der Waals surface area contributed by atoms with Gasteiger partial charge in [-0.2, -0.15) is 5.10 Å². The Morgan fingerprint density at radius 1 is 1.24 bits per heavy atom.